The lowest BCUT2D eigenvalue weighted by Crippen LogP contribution is -2.13. The molecule has 0 spiro atoms. The number of nitriles is 1. The molecule has 0 amide bonds. The monoisotopic (exact) mass is 345 g/mol. The second-order valence-corrected chi connectivity index (χ2v) is 4.88. The molecule has 0 fully saturated rings. The van der Waals surface area contributed by atoms with Crippen molar-refractivity contribution in [2.24, 2.45) is 0 Å². The second kappa shape index (κ2) is 6.56. The second-order valence-electron chi connectivity index (χ2n) is 4.88. The Morgan fingerprint density at radius 3 is 2.76 bits per heavy atom. The van der Waals surface area contributed by atoms with E-state index in [0.717, 1.165) is 12.1 Å². The number of alkyl halides is 3. The first-order chi connectivity index (χ1) is 12.0. The quantitative estimate of drug-likeness (QED) is 0.781. The minimum Gasteiger partial charge on any atom is -0.365 e. The normalized spacial score (nSPS) is 11.1. The fraction of sp³-hybridized carbons (Fsp3) is 0.133. The van der Waals surface area contributed by atoms with E-state index in [1.807, 2.05) is 6.07 Å². The van der Waals surface area contributed by atoms with Gasteiger partial charge in [-0.1, -0.05) is 6.07 Å². The molecule has 25 heavy (non-hydrogen) atoms. The van der Waals surface area contributed by atoms with Crippen LogP contribution in [0.1, 0.15) is 16.8 Å². The molecular weight excluding hydrogens is 335 g/mol. The van der Waals surface area contributed by atoms with E-state index in [2.05, 4.69) is 25.4 Å². The fourth-order valence-corrected chi connectivity index (χ4v) is 2.11. The van der Waals surface area contributed by atoms with Gasteiger partial charge in [0.1, 0.15) is 30.2 Å². The molecule has 0 radical (unpaired) electrons. The predicted molar refractivity (Wildman–Crippen MR) is 80.4 cm³/mol. The van der Waals surface area contributed by atoms with Crippen molar-refractivity contribution in [2.75, 3.05) is 5.32 Å². The number of aromatic nitrogens is 5. The lowest BCUT2D eigenvalue weighted by atomic mass is 10.2. The number of halogens is 3. The summed E-state index contributed by atoms with van der Waals surface area (Å²) >= 11 is 0. The Balaban J connectivity index is 1.89. The molecule has 3 aromatic heterocycles. The lowest BCUT2D eigenvalue weighted by Gasteiger charge is -2.12. The predicted octanol–water partition coefficient (Wildman–Crippen LogP) is 2.56. The third-order valence-corrected chi connectivity index (χ3v) is 3.26. The smallest absolute Gasteiger partial charge is 0.365 e. The molecule has 3 aromatic rings. The van der Waals surface area contributed by atoms with E-state index >= 15 is 0 Å². The van der Waals surface area contributed by atoms with Crippen molar-refractivity contribution in [1.29, 1.82) is 5.26 Å². The summed E-state index contributed by atoms with van der Waals surface area (Å²) in [7, 11) is 0. The summed E-state index contributed by atoms with van der Waals surface area (Å²) in [6.07, 6.45) is -0.239. The van der Waals surface area contributed by atoms with Crippen molar-refractivity contribution in [3.63, 3.8) is 0 Å². The van der Waals surface area contributed by atoms with Crippen LogP contribution in [0.2, 0.25) is 0 Å². The zero-order chi connectivity index (χ0) is 17.9. The summed E-state index contributed by atoms with van der Waals surface area (Å²) in [5.41, 5.74) is -0.410. The van der Waals surface area contributed by atoms with Gasteiger partial charge in [-0.3, -0.25) is 0 Å². The molecule has 0 bridgehead atoms. The van der Waals surface area contributed by atoms with Gasteiger partial charge in [0.25, 0.3) is 0 Å². The molecule has 3 heterocycles. The third-order valence-electron chi connectivity index (χ3n) is 3.26. The van der Waals surface area contributed by atoms with Gasteiger partial charge in [-0.15, -0.1) is 0 Å². The summed E-state index contributed by atoms with van der Waals surface area (Å²) in [5, 5.41) is 15.8. The number of nitrogens with zero attached hydrogens (tertiary/aromatic N) is 6. The SMILES string of the molecule is N#Cc1ccc(C(F)(F)F)nc1NCc1cccnc1-n1cncn1. The Morgan fingerprint density at radius 2 is 2.08 bits per heavy atom. The van der Waals surface area contributed by atoms with Crippen molar-refractivity contribution in [3.05, 3.63) is 59.9 Å². The zero-order valence-electron chi connectivity index (χ0n) is 12.6. The molecule has 3 rings (SSSR count). The van der Waals surface area contributed by atoms with E-state index in [1.54, 1.807) is 18.3 Å². The zero-order valence-corrected chi connectivity index (χ0v) is 12.6. The number of rotatable bonds is 4. The Hall–Kier alpha value is -3.48. The van der Waals surface area contributed by atoms with E-state index in [1.165, 1.54) is 17.3 Å². The van der Waals surface area contributed by atoms with Gasteiger partial charge < -0.3 is 5.32 Å². The largest absolute Gasteiger partial charge is 0.433 e. The van der Waals surface area contributed by atoms with Crippen LogP contribution < -0.4 is 5.32 Å². The molecule has 0 aliphatic carbocycles. The van der Waals surface area contributed by atoms with Gasteiger partial charge in [-0.05, 0) is 18.2 Å². The van der Waals surface area contributed by atoms with Crippen molar-refractivity contribution >= 4 is 5.82 Å². The molecule has 10 heteroatoms. The average molecular weight is 345 g/mol. The highest BCUT2D eigenvalue weighted by Gasteiger charge is 2.33. The van der Waals surface area contributed by atoms with E-state index in [-0.39, 0.29) is 17.9 Å². The van der Waals surface area contributed by atoms with E-state index in [9.17, 15) is 13.2 Å². The molecule has 0 aliphatic heterocycles. The van der Waals surface area contributed by atoms with Crippen molar-refractivity contribution in [1.82, 2.24) is 24.7 Å². The summed E-state index contributed by atoms with van der Waals surface area (Å²) < 4.78 is 39.9. The summed E-state index contributed by atoms with van der Waals surface area (Å²) in [4.78, 5) is 11.5. The Kier molecular flexibility index (Phi) is 4.30. The van der Waals surface area contributed by atoms with Gasteiger partial charge in [0, 0.05) is 18.3 Å². The summed E-state index contributed by atoms with van der Waals surface area (Å²) in [5.74, 6) is 0.323. The van der Waals surface area contributed by atoms with Crippen LogP contribution in [-0.4, -0.2) is 24.7 Å². The Labute approximate surface area is 139 Å². The maximum Gasteiger partial charge on any atom is 0.433 e. The van der Waals surface area contributed by atoms with Crippen LogP contribution in [0.3, 0.4) is 0 Å². The van der Waals surface area contributed by atoms with Crippen molar-refractivity contribution < 1.29 is 13.2 Å². The molecular formula is C15H10F3N7. The van der Waals surface area contributed by atoms with Crippen LogP contribution in [0, 0.1) is 11.3 Å². The van der Waals surface area contributed by atoms with Crippen molar-refractivity contribution in [2.45, 2.75) is 12.7 Å². The number of pyridine rings is 2. The number of anilines is 1. The molecule has 0 saturated heterocycles. The molecule has 1 N–H and O–H groups in total. The van der Waals surface area contributed by atoms with Gasteiger partial charge in [0.05, 0.1) is 5.56 Å². The molecule has 0 saturated carbocycles. The number of nitrogens with one attached hydrogen (secondary N) is 1. The van der Waals surface area contributed by atoms with Gasteiger partial charge in [0.15, 0.2) is 5.82 Å². The summed E-state index contributed by atoms with van der Waals surface area (Å²) in [6.45, 7) is 0.103. The van der Waals surface area contributed by atoms with E-state index in [4.69, 9.17) is 5.26 Å². The standard InChI is InChI=1S/C15H10F3N7/c16-15(17,18)12-4-3-10(6-19)13(24-12)22-7-11-2-1-5-21-14(11)25-9-20-8-23-25/h1-5,8-9H,7H2,(H,22,24). The van der Waals surface area contributed by atoms with Gasteiger partial charge >= 0.3 is 6.18 Å². The minimum atomic E-state index is -4.59. The van der Waals surface area contributed by atoms with Crippen LogP contribution in [-0.2, 0) is 12.7 Å². The first-order valence-electron chi connectivity index (χ1n) is 7.00. The highest BCUT2D eigenvalue weighted by molar-refractivity contribution is 5.53. The number of hydrogen-bond donors (Lipinski definition) is 1. The van der Waals surface area contributed by atoms with Crippen LogP contribution in [0.4, 0.5) is 19.0 Å². The molecule has 126 valence electrons. The molecule has 0 atom stereocenters. The van der Waals surface area contributed by atoms with Crippen LogP contribution in [0.25, 0.3) is 5.82 Å². The van der Waals surface area contributed by atoms with E-state index in [0.29, 0.717) is 11.4 Å². The van der Waals surface area contributed by atoms with Crippen LogP contribution in [0.15, 0.2) is 43.1 Å². The van der Waals surface area contributed by atoms with E-state index < -0.39 is 11.9 Å². The molecule has 7 nitrogen and oxygen atoms in total. The first kappa shape index (κ1) is 16.4. The molecule has 0 aliphatic rings. The highest BCUT2D eigenvalue weighted by atomic mass is 19.4. The maximum absolute atomic E-state index is 12.8. The maximum atomic E-state index is 12.8. The molecule has 0 aromatic carbocycles. The fourth-order valence-electron chi connectivity index (χ4n) is 2.11. The lowest BCUT2D eigenvalue weighted by molar-refractivity contribution is -0.141. The highest BCUT2D eigenvalue weighted by Crippen LogP contribution is 2.29. The first-order valence-corrected chi connectivity index (χ1v) is 7.00. The Morgan fingerprint density at radius 1 is 1.24 bits per heavy atom. The van der Waals surface area contributed by atoms with Gasteiger partial charge in [-0.2, -0.15) is 23.5 Å². The van der Waals surface area contributed by atoms with Crippen LogP contribution in [0.5, 0.6) is 0 Å². The van der Waals surface area contributed by atoms with Crippen molar-refractivity contribution in [3.8, 4) is 11.9 Å². The van der Waals surface area contributed by atoms with Crippen LogP contribution >= 0.6 is 0 Å². The Bertz CT molecular complexity index is 914. The number of hydrogen-bond acceptors (Lipinski definition) is 6. The molecule has 0 unspecified atom stereocenters. The van der Waals surface area contributed by atoms with Gasteiger partial charge in [-0.25, -0.2) is 19.6 Å². The summed E-state index contributed by atoms with van der Waals surface area (Å²) in [6, 6.07) is 7.09. The average Bonchev–Trinajstić information content (AvgIpc) is 3.13. The third kappa shape index (κ3) is 3.55. The van der Waals surface area contributed by atoms with Gasteiger partial charge in [0.2, 0.25) is 0 Å². The minimum absolute atomic E-state index is 0.0131. The topological polar surface area (TPSA) is 92.3 Å².